The summed E-state index contributed by atoms with van der Waals surface area (Å²) in [7, 11) is 0. The van der Waals surface area contributed by atoms with E-state index in [0.29, 0.717) is 37.1 Å². The Labute approximate surface area is 229 Å². The predicted octanol–water partition coefficient (Wildman–Crippen LogP) is 4.30. The largest absolute Gasteiger partial charge is 0.420 e. The molecule has 0 spiro atoms. The molecule has 11 nitrogen and oxygen atoms in total. The van der Waals surface area contributed by atoms with Gasteiger partial charge in [0.25, 0.3) is 0 Å². The minimum atomic E-state index is -0.721. The number of ether oxygens (including phenoxy) is 2. The summed E-state index contributed by atoms with van der Waals surface area (Å²) >= 11 is 2.70. The molecule has 38 heavy (non-hydrogen) atoms. The summed E-state index contributed by atoms with van der Waals surface area (Å²) < 4.78 is 25.9. The van der Waals surface area contributed by atoms with E-state index in [1.54, 1.807) is 12.5 Å². The Morgan fingerprint density at radius 1 is 1.21 bits per heavy atom. The van der Waals surface area contributed by atoms with E-state index >= 15 is 4.39 Å². The number of thioether (sulfide) groups is 1. The predicted molar refractivity (Wildman–Crippen MR) is 143 cm³/mol. The lowest BCUT2D eigenvalue weighted by Gasteiger charge is -2.24. The van der Waals surface area contributed by atoms with E-state index in [2.05, 4.69) is 36.4 Å². The van der Waals surface area contributed by atoms with E-state index in [1.165, 1.54) is 23.1 Å². The Hall–Kier alpha value is -2.71. The van der Waals surface area contributed by atoms with Gasteiger partial charge in [0.1, 0.15) is 5.01 Å². The number of rotatable bonds is 12. The van der Waals surface area contributed by atoms with E-state index in [4.69, 9.17) is 9.47 Å². The summed E-state index contributed by atoms with van der Waals surface area (Å²) in [6, 6.07) is 0. The van der Waals surface area contributed by atoms with Crippen LogP contribution >= 0.6 is 23.1 Å². The molecule has 1 saturated carbocycles. The Morgan fingerprint density at radius 3 is 2.71 bits per heavy atom. The number of aromatic nitrogens is 3. The molecule has 4 rings (SSSR count). The van der Waals surface area contributed by atoms with Gasteiger partial charge in [-0.1, -0.05) is 37.4 Å². The fraction of sp³-hybridized carbons (Fsp3) is 0.625. The normalized spacial score (nSPS) is 18.5. The van der Waals surface area contributed by atoms with Crippen molar-refractivity contribution in [1.82, 2.24) is 25.7 Å². The van der Waals surface area contributed by atoms with Crippen molar-refractivity contribution in [3.63, 3.8) is 0 Å². The minimum absolute atomic E-state index is 0.00754. The molecule has 2 aliphatic rings. The maximum Gasteiger partial charge on any atom is 0.409 e. The summed E-state index contributed by atoms with van der Waals surface area (Å²) in [4.78, 5) is 38.0. The van der Waals surface area contributed by atoms with Gasteiger partial charge in [0.05, 0.1) is 19.1 Å². The third kappa shape index (κ3) is 8.40. The number of halogens is 1. The molecule has 2 aromatic rings. The van der Waals surface area contributed by atoms with Crippen molar-refractivity contribution < 1.29 is 23.5 Å². The van der Waals surface area contributed by atoms with Crippen molar-refractivity contribution >= 4 is 46.7 Å². The van der Waals surface area contributed by atoms with Crippen LogP contribution in [0.5, 0.6) is 0 Å². The number of hydrogen-bond acceptors (Lipinski definition) is 11. The zero-order chi connectivity index (χ0) is 26.7. The van der Waals surface area contributed by atoms with Crippen molar-refractivity contribution in [2.24, 2.45) is 11.8 Å². The van der Waals surface area contributed by atoms with Crippen LogP contribution < -0.4 is 21.5 Å². The Kier molecular flexibility index (Phi) is 10.8. The first-order valence-electron chi connectivity index (χ1n) is 12.9. The topological polar surface area (TPSA) is 139 Å². The molecular weight excluding hydrogens is 533 g/mol. The molecule has 2 fully saturated rings. The van der Waals surface area contributed by atoms with Crippen molar-refractivity contribution in [2.45, 2.75) is 69.4 Å². The van der Waals surface area contributed by atoms with E-state index in [1.807, 2.05) is 5.38 Å². The van der Waals surface area contributed by atoms with E-state index < -0.39 is 24.1 Å². The van der Waals surface area contributed by atoms with Crippen LogP contribution in [0.3, 0.4) is 0 Å². The fourth-order valence-corrected chi connectivity index (χ4v) is 5.46. The number of hydrogen-bond donors (Lipinski definition) is 4. The number of alkyl carbamates (subject to hydrolysis) is 1. The average molecular weight is 568 g/mol. The van der Waals surface area contributed by atoms with Crippen LogP contribution in [-0.2, 0) is 20.8 Å². The van der Waals surface area contributed by atoms with E-state index in [9.17, 15) is 9.59 Å². The average Bonchev–Trinajstić information content (AvgIpc) is 3.65. The summed E-state index contributed by atoms with van der Waals surface area (Å²) in [6.07, 6.45) is 9.79. The Bertz CT molecular complexity index is 1050. The monoisotopic (exact) mass is 567 g/mol. The maximum atomic E-state index is 15.2. The molecule has 2 aromatic heterocycles. The second kappa shape index (κ2) is 14.4. The number of thiazole rings is 1. The van der Waals surface area contributed by atoms with Gasteiger partial charge in [0.15, 0.2) is 16.8 Å². The molecule has 1 aliphatic carbocycles. The second-order valence-corrected chi connectivity index (χ2v) is 11.0. The molecular formula is C24H34FN7O4S2. The van der Waals surface area contributed by atoms with Gasteiger partial charge in [-0.2, -0.15) is 4.39 Å². The molecule has 0 aromatic carbocycles. The lowest BCUT2D eigenvalue weighted by Crippen LogP contribution is -2.43. The number of hydrazine groups is 1. The molecule has 2 amide bonds. The highest BCUT2D eigenvalue weighted by atomic mass is 32.2. The number of carbonyl (C=O) groups excluding carboxylic acids is 2. The zero-order valence-electron chi connectivity index (χ0n) is 21.3. The number of anilines is 2. The molecule has 3 heterocycles. The summed E-state index contributed by atoms with van der Waals surface area (Å²) in [5, 5.41) is 8.60. The van der Waals surface area contributed by atoms with Crippen molar-refractivity contribution in [1.29, 1.82) is 0 Å². The highest BCUT2D eigenvalue weighted by Crippen LogP contribution is 2.30. The van der Waals surface area contributed by atoms with Crippen LogP contribution in [-0.4, -0.2) is 52.6 Å². The molecule has 14 heteroatoms. The van der Waals surface area contributed by atoms with Crippen molar-refractivity contribution in [3.05, 3.63) is 22.4 Å². The number of carbonyl (C=O) groups is 2. The van der Waals surface area contributed by atoms with Gasteiger partial charge in [-0.05, 0) is 31.4 Å². The lowest BCUT2D eigenvalue weighted by molar-refractivity contribution is -0.127. The smallest absolute Gasteiger partial charge is 0.409 e. The summed E-state index contributed by atoms with van der Waals surface area (Å²) in [6.45, 7) is 0.969. The van der Waals surface area contributed by atoms with E-state index in [0.717, 1.165) is 43.5 Å². The van der Waals surface area contributed by atoms with Crippen LogP contribution in [0.1, 0.15) is 56.4 Å². The van der Waals surface area contributed by atoms with Crippen molar-refractivity contribution in [2.75, 3.05) is 30.1 Å². The minimum Gasteiger partial charge on any atom is -0.420 e. The van der Waals surface area contributed by atoms with Crippen LogP contribution in [0.4, 0.5) is 20.8 Å². The summed E-state index contributed by atoms with van der Waals surface area (Å²) in [5.74, 6) is -1.37. The van der Waals surface area contributed by atoms with Gasteiger partial charge in [-0.25, -0.2) is 19.7 Å². The number of nitrogens with zero attached hydrogens (tertiary/aromatic N) is 3. The van der Waals surface area contributed by atoms with Crippen LogP contribution in [0, 0.1) is 17.7 Å². The maximum absolute atomic E-state index is 15.2. The van der Waals surface area contributed by atoms with Gasteiger partial charge in [-0.3, -0.25) is 15.6 Å². The SMILES string of the molecule is CSc1nc(NCc2nccs2)c(F)c(NNC(=O)[C@@H](CNC(=O)OC2CCCCO2)CC2CCCC2)n1. The highest BCUT2D eigenvalue weighted by molar-refractivity contribution is 7.98. The number of amides is 2. The molecule has 2 atom stereocenters. The first-order valence-corrected chi connectivity index (χ1v) is 15.0. The van der Waals surface area contributed by atoms with E-state index in [-0.39, 0.29) is 24.1 Å². The lowest BCUT2D eigenvalue weighted by atomic mass is 9.92. The van der Waals surface area contributed by atoms with Crippen LogP contribution in [0.2, 0.25) is 0 Å². The summed E-state index contributed by atoms with van der Waals surface area (Å²) in [5.41, 5.74) is 5.21. The first kappa shape index (κ1) is 28.3. The molecule has 1 saturated heterocycles. The van der Waals surface area contributed by atoms with Crippen LogP contribution in [0.25, 0.3) is 0 Å². The molecule has 208 valence electrons. The van der Waals surface area contributed by atoms with Gasteiger partial charge in [0, 0.05) is 24.5 Å². The third-order valence-electron chi connectivity index (χ3n) is 6.54. The van der Waals surface area contributed by atoms with Crippen LogP contribution in [0.15, 0.2) is 16.7 Å². The van der Waals surface area contributed by atoms with Gasteiger partial charge >= 0.3 is 6.09 Å². The molecule has 4 N–H and O–H groups in total. The molecule has 0 bridgehead atoms. The number of nitrogens with one attached hydrogen (secondary N) is 4. The third-order valence-corrected chi connectivity index (χ3v) is 7.87. The second-order valence-electron chi connectivity index (χ2n) is 9.28. The first-order chi connectivity index (χ1) is 18.5. The Morgan fingerprint density at radius 2 is 2.00 bits per heavy atom. The quantitative estimate of drug-likeness (QED) is 0.167. The van der Waals surface area contributed by atoms with Crippen molar-refractivity contribution in [3.8, 4) is 0 Å². The standard InChI is InChI=1S/C24H34FN7O4S2/c1-37-23-29-20(27-14-17-26-9-11-38-17)19(25)21(30-23)31-32-22(33)16(12-15-6-2-3-7-15)13-28-24(34)36-18-8-4-5-10-35-18/h9,11,15-16,18H,2-8,10,12-14H2,1H3,(H,28,34)(H,32,33)(H2,27,29,30,31)/t16-,18?/m1/s1. The zero-order valence-corrected chi connectivity index (χ0v) is 23.0. The highest BCUT2D eigenvalue weighted by Gasteiger charge is 2.27. The van der Waals surface area contributed by atoms with Gasteiger partial charge < -0.3 is 20.1 Å². The van der Waals surface area contributed by atoms with Gasteiger partial charge in [0.2, 0.25) is 18.0 Å². The Balaban J connectivity index is 1.36. The fourth-order valence-electron chi connectivity index (χ4n) is 4.54. The molecule has 0 radical (unpaired) electrons. The molecule has 1 aliphatic heterocycles. The van der Waals surface area contributed by atoms with Gasteiger partial charge in [-0.15, -0.1) is 11.3 Å². The molecule has 1 unspecified atom stereocenters.